The molecule has 3 rings (SSSR count). The molecule has 0 unspecified atom stereocenters. The first-order valence-electron chi connectivity index (χ1n) is 8.29. The Balaban J connectivity index is 1.58. The molecule has 1 fully saturated rings. The van der Waals surface area contributed by atoms with Crippen molar-refractivity contribution in [1.82, 2.24) is 10.2 Å². The van der Waals surface area contributed by atoms with Gasteiger partial charge in [-0.25, -0.2) is 8.42 Å². The Morgan fingerprint density at radius 2 is 1.74 bits per heavy atom. The molecule has 0 bridgehead atoms. The van der Waals surface area contributed by atoms with E-state index >= 15 is 0 Å². The third kappa shape index (κ3) is 5.08. The minimum atomic E-state index is -3.67. The molecule has 2 heterocycles. The van der Waals surface area contributed by atoms with Crippen molar-refractivity contribution in [3.8, 4) is 0 Å². The molecule has 10 heteroatoms. The Morgan fingerprint density at radius 1 is 1.07 bits per heavy atom. The fraction of sp³-hybridized carbons (Fsp3) is 0.294. The normalized spacial score (nSPS) is 14.2. The van der Waals surface area contributed by atoms with Crippen LogP contribution in [0.5, 0.6) is 0 Å². The average molecular weight is 472 g/mol. The molecule has 144 valence electrons. The first-order chi connectivity index (χ1) is 12.8. The molecule has 1 aromatic heterocycles. The number of halogens is 1. The van der Waals surface area contributed by atoms with Gasteiger partial charge in [-0.05, 0) is 65.2 Å². The van der Waals surface area contributed by atoms with Crippen molar-refractivity contribution < 1.29 is 18.0 Å². The summed E-state index contributed by atoms with van der Waals surface area (Å²) < 4.78 is 28.0. The van der Waals surface area contributed by atoms with Crippen molar-refractivity contribution >= 4 is 54.8 Å². The molecular formula is C17H18BrN3O4S2. The van der Waals surface area contributed by atoms with E-state index in [-0.39, 0.29) is 22.6 Å². The van der Waals surface area contributed by atoms with Crippen molar-refractivity contribution in [2.24, 2.45) is 0 Å². The van der Waals surface area contributed by atoms with Crippen molar-refractivity contribution in [3.05, 3.63) is 45.7 Å². The van der Waals surface area contributed by atoms with Crippen molar-refractivity contribution in [3.63, 3.8) is 0 Å². The summed E-state index contributed by atoms with van der Waals surface area (Å²) >= 11 is 4.34. The average Bonchev–Trinajstić information content (AvgIpc) is 3.31. The second-order valence-corrected chi connectivity index (χ2v) is 10.4. The van der Waals surface area contributed by atoms with Crippen LogP contribution < -0.4 is 10.0 Å². The lowest BCUT2D eigenvalue weighted by atomic mass is 10.2. The van der Waals surface area contributed by atoms with Crippen LogP contribution in [0, 0.1) is 0 Å². The number of likely N-dealkylation sites (tertiary alicyclic amines) is 1. The van der Waals surface area contributed by atoms with Crippen LogP contribution in [0.2, 0.25) is 0 Å². The Hall–Kier alpha value is -1.91. The Morgan fingerprint density at radius 3 is 2.33 bits per heavy atom. The number of carbonyl (C=O) groups excluding carboxylic acids is 2. The zero-order valence-corrected chi connectivity index (χ0v) is 17.5. The monoisotopic (exact) mass is 471 g/mol. The minimum absolute atomic E-state index is 0.0412. The molecule has 1 saturated heterocycles. The quantitative estimate of drug-likeness (QED) is 0.676. The Labute approximate surface area is 169 Å². The molecule has 1 aliphatic rings. The lowest BCUT2D eigenvalue weighted by Crippen LogP contribution is -2.38. The molecule has 0 atom stereocenters. The van der Waals surface area contributed by atoms with E-state index in [9.17, 15) is 18.0 Å². The van der Waals surface area contributed by atoms with Gasteiger partial charge in [0.2, 0.25) is 5.91 Å². The number of hydrogen-bond acceptors (Lipinski definition) is 5. The summed E-state index contributed by atoms with van der Waals surface area (Å²) in [5.41, 5.74) is 0.704. The topological polar surface area (TPSA) is 95.6 Å². The molecule has 0 saturated carbocycles. The van der Waals surface area contributed by atoms with E-state index in [1.807, 2.05) is 0 Å². The second kappa shape index (κ2) is 8.41. The number of thiophene rings is 1. The zero-order valence-electron chi connectivity index (χ0n) is 14.3. The second-order valence-electron chi connectivity index (χ2n) is 6.01. The van der Waals surface area contributed by atoms with Gasteiger partial charge in [-0.3, -0.25) is 14.3 Å². The standard InChI is InChI=1S/C17H18BrN3O4S2/c18-14-7-8-16(26-14)27(24,25)20-13-5-3-12(4-6-13)17(23)19-11-15(22)21-9-1-2-10-21/h3-8,20H,1-2,9-11H2,(H,19,23). The number of amides is 2. The fourth-order valence-electron chi connectivity index (χ4n) is 2.67. The predicted molar refractivity (Wildman–Crippen MR) is 107 cm³/mol. The summed E-state index contributed by atoms with van der Waals surface area (Å²) in [6, 6.07) is 9.22. The smallest absolute Gasteiger partial charge is 0.271 e. The highest BCUT2D eigenvalue weighted by Gasteiger charge is 2.19. The molecule has 2 aromatic rings. The van der Waals surface area contributed by atoms with Gasteiger partial charge in [0, 0.05) is 24.3 Å². The van der Waals surface area contributed by atoms with Crippen molar-refractivity contribution in [1.29, 1.82) is 0 Å². The number of benzene rings is 1. The summed E-state index contributed by atoms with van der Waals surface area (Å²) in [5.74, 6) is -0.466. The molecule has 1 aromatic carbocycles. The highest BCUT2D eigenvalue weighted by molar-refractivity contribution is 9.11. The summed E-state index contributed by atoms with van der Waals surface area (Å²) in [4.78, 5) is 25.9. The van der Waals surface area contributed by atoms with Crippen LogP contribution in [-0.2, 0) is 14.8 Å². The molecule has 2 amide bonds. The predicted octanol–water partition coefficient (Wildman–Crippen LogP) is 2.66. The van der Waals surface area contributed by atoms with Gasteiger partial charge in [0.25, 0.3) is 15.9 Å². The van der Waals surface area contributed by atoms with Crippen LogP contribution in [0.25, 0.3) is 0 Å². The van der Waals surface area contributed by atoms with Crippen molar-refractivity contribution in [2.75, 3.05) is 24.4 Å². The van der Waals surface area contributed by atoms with Gasteiger partial charge in [-0.1, -0.05) is 0 Å². The van der Waals surface area contributed by atoms with E-state index < -0.39 is 10.0 Å². The van der Waals surface area contributed by atoms with Gasteiger partial charge in [-0.15, -0.1) is 11.3 Å². The lowest BCUT2D eigenvalue weighted by molar-refractivity contribution is -0.129. The number of hydrogen-bond donors (Lipinski definition) is 2. The van der Waals surface area contributed by atoms with E-state index in [2.05, 4.69) is 26.0 Å². The zero-order chi connectivity index (χ0) is 19.4. The van der Waals surface area contributed by atoms with E-state index in [1.54, 1.807) is 11.0 Å². The van der Waals surface area contributed by atoms with E-state index in [0.29, 0.717) is 11.3 Å². The molecule has 0 spiro atoms. The highest BCUT2D eigenvalue weighted by Crippen LogP contribution is 2.27. The molecule has 0 aliphatic carbocycles. The van der Waals surface area contributed by atoms with Crippen LogP contribution in [0.15, 0.2) is 44.4 Å². The Kier molecular flexibility index (Phi) is 6.18. The van der Waals surface area contributed by atoms with Gasteiger partial charge in [0.1, 0.15) is 4.21 Å². The summed E-state index contributed by atoms with van der Waals surface area (Å²) in [6.07, 6.45) is 2.00. The molecule has 2 N–H and O–H groups in total. The fourth-order valence-corrected chi connectivity index (χ4v) is 5.74. The number of sulfonamides is 1. The number of anilines is 1. The Bertz CT molecular complexity index is 935. The molecule has 0 radical (unpaired) electrons. The first kappa shape index (κ1) is 19.8. The van der Waals surface area contributed by atoms with Crippen LogP contribution in [0.1, 0.15) is 23.2 Å². The van der Waals surface area contributed by atoms with Gasteiger partial charge in [0.15, 0.2) is 0 Å². The molecule has 27 heavy (non-hydrogen) atoms. The minimum Gasteiger partial charge on any atom is -0.343 e. The number of nitrogens with one attached hydrogen (secondary N) is 2. The number of rotatable bonds is 6. The largest absolute Gasteiger partial charge is 0.343 e. The van der Waals surface area contributed by atoms with Crippen LogP contribution >= 0.6 is 27.3 Å². The summed E-state index contributed by atoms with van der Waals surface area (Å²) in [7, 11) is -3.67. The van der Waals surface area contributed by atoms with Gasteiger partial charge >= 0.3 is 0 Å². The maximum Gasteiger partial charge on any atom is 0.271 e. The molecule has 7 nitrogen and oxygen atoms in total. The molecule has 1 aliphatic heterocycles. The van der Waals surface area contributed by atoms with Crippen LogP contribution in [-0.4, -0.2) is 44.8 Å². The SMILES string of the molecule is O=C(NCC(=O)N1CCCC1)c1ccc(NS(=O)(=O)c2ccc(Br)s2)cc1. The van der Waals surface area contributed by atoms with E-state index in [1.165, 1.54) is 30.3 Å². The van der Waals surface area contributed by atoms with E-state index in [4.69, 9.17) is 0 Å². The lowest BCUT2D eigenvalue weighted by Gasteiger charge is -2.15. The highest BCUT2D eigenvalue weighted by atomic mass is 79.9. The molecular weight excluding hydrogens is 454 g/mol. The summed E-state index contributed by atoms with van der Waals surface area (Å²) in [6.45, 7) is 1.44. The van der Waals surface area contributed by atoms with Gasteiger partial charge in [-0.2, -0.15) is 0 Å². The third-order valence-electron chi connectivity index (χ3n) is 4.07. The van der Waals surface area contributed by atoms with E-state index in [0.717, 1.165) is 41.1 Å². The van der Waals surface area contributed by atoms with Gasteiger partial charge < -0.3 is 10.2 Å². The summed E-state index contributed by atoms with van der Waals surface area (Å²) in [5, 5.41) is 2.60. The maximum absolute atomic E-state index is 12.3. The van der Waals surface area contributed by atoms with Crippen LogP contribution in [0.3, 0.4) is 0 Å². The number of carbonyl (C=O) groups is 2. The third-order valence-corrected chi connectivity index (χ3v) is 7.57. The van der Waals surface area contributed by atoms with Crippen molar-refractivity contribution in [2.45, 2.75) is 17.1 Å². The first-order valence-corrected chi connectivity index (χ1v) is 11.4. The number of nitrogens with zero attached hydrogens (tertiary/aromatic N) is 1. The van der Waals surface area contributed by atoms with Crippen LogP contribution in [0.4, 0.5) is 5.69 Å². The maximum atomic E-state index is 12.3. The van der Waals surface area contributed by atoms with Gasteiger partial charge in [0.05, 0.1) is 10.3 Å².